The Morgan fingerprint density at radius 3 is 1.17 bits per heavy atom. The predicted molar refractivity (Wildman–Crippen MR) is 160 cm³/mol. The number of para-hydroxylation sites is 2. The third-order valence-corrected chi connectivity index (χ3v) is 10.4. The molecule has 8 rings (SSSR count). The molecule has 6 heterocycles. The summed E-state index contributed by atoms with van der Waals surface area (Å²) in [5.41, 5.74) is 0.902. The van der Waals surface area contributed by atoms with Crippen LogP contribution in [0.25, 0.3) is 0 Å². The van der Waals surface area contributed by atoms with Crippen molar-refractivity contribution in [2.45, 2.75) is 61.7 Å². The van der Waals surface area contributed by atoms with E-state index in [0.717, 1.165) is 9.80 Å². The molecule has 0 aromatic heterocycles. The number of hydrogen-bond donors (Lipinski definition) is 0. The van der Waals surface area contributed by atoms with Crippen LogP contribution in [-0.2, 0) is 57.2 Å². The average Bonchev–Trinajstić information content (AvgIpc) is 3.92. The molecule has 4 unspecified atom stereocenters. The molecule has 6 aliphatic heterocycles. The van der Waals surface area contributed by atoms with E-state index in [1.165, 1.54) is 14.2 Å². The fourth-order valence-electron chi connectivity index (χ4n) is 8.48. The standard InChI is InChI=1S/C34H32N2O12/c1-43-27-23-19-21(33(41)35(31(19)39)15-9-5-3-6-10-15)25(47-23)29(27)45-17(37)13-14-18(38)46-30-26-22-20(24(48-26)28(30)44-2)32(40)36(34(22)42)16-11-7-4-8-12-16/h3-12,19-30H,13-14H2,1-2H3/t19?,20?,21?,22?,23-,24-,25+,26+,27-,28-,29+,30+/m1/s1. The van der Waals surface area contributed by atoms with Gasteiger partial charge >= 0.3 is 11.9 Å². The Morgan fingerprint density at radius 1 is 0.542 bits per heavy atom. The summed E-state index contributed by atoms with van der Waals surface area (Å²) in [6, 6.07) is 17.2. The van der Waals surface area contributed by atoms with Crippen LogP contribution in [-0.4, -0.2) is 98.6 Å². The quantitative estimate of drug-likeness (QED) is 0.275. The Hall–Kier alpha value is -4.50. The molecular weight excluding hydrogens is 628 g/mol. The molecule has 6 saturated heterocycles. The van der Waals surface area contributed by atoms with Crippen LogP contribution in [0.3, 0.4) is 0 Å². The van der Waals surface area contributed by atoms with E-state index in [0.29, 0.717) is 11.4 Å². The van der Waals surface area contributed by atoms with Crippen molar-refractivity contribution in [2.24, 2.45) is 23.7 Å². The third-order valence-electron chi connectivity index (χ3n) is 10.4. The molecule has 6 fully saturated rings. The minimum Gasteiger partial charge on any atom is -0.457 e. The van der Waals surface area contributed by atoms with E-state index < -0.39 is 96.3 Å². The maximum Gasteiger partial charge on any atom is 0.306 e. The molecule has 4 bridgehead atoms. The van der Waals surface area contributed by atoms with Gasteiger partial charge in [-0.25, -0.2) is 9.80 Å². The van der Waals surface area contributed by atoms with E-state index in [2.05, 4.69) is 0 Å². The molecule has 2 aromatic carbocycles. The number of esters is 2. The molecule has 0 spiro atoms. The number of hydrogen-bond acceptors (Lipinski definition) is 12. The number of benzene rings is 2. The highest BCUT2D eigenvalue weighted by Crippen LogP contribution is 2.52. The maximum atomic E-state index is 13.4. The highest BCUT2D eigenvalue weighted by Gasteiger charge is 2.72. The predicted octanol–water partition coefficient (Wildman–Crippen LogP) is 0.794. The molecule has 0 aliphatic carbocycles. The minimum absolute atomic E-state index is 0.356. The lowest BCUT2D eigenvalue weighted by Gasteiger charge is -2.31. The zero-order valence-corrected chi connectivity index (χ0v) is 25.9. The molecule has 48 heavy (non-hydrogen) atoms. The van der Waals surface area contributed by atoms with Gasteiger partial charge in [-0.2, -0.15) is 0 Å². The maximum absolute atomic E-state index is 13.4. The van der Waals surface area contributed by atoms with Crippen molar-refractivity contribution in [3.05, 3.63) is 60.7 Å². The number of amides is 4. The Bertz CT molecular complexity index is 1560. The summed E-state index contributed by atoms with van der Waals surface area (Å²) >= 11 is 0. The molecule has 12 atom stereocenters. The van der Waals surface area contributed by atoms with E-state index in [9.17, 15) is 28.8 Å². The van der Waals surface area contributed by atoms with Crippen molar-refractivity contribution >= 4 is 46.9 Å². The Labute approximate surface area is 274 Å². The van der Waals surface area contributed by atoms with E-state index in [1.54, 1.807) is 60.7 Å². The number of nitrogens with zero attached hydrogens (tertiary/aromatic N) is 2. The lowest BCUT2D eigenvalue weighted by atomic mass is 9.78. The van der Waals surface area contributed by atoms with Crippen molar-refractivity contribution in [1.29, 1.82) is 0 Å². The highest BCUT2D eigenvalue weighted by molar-refractivity contribution is 6.23. The SMILES string of the molecule is CO[C@H]1[C@@H](OC(=O)CCC(=O)O[C@@H]2[C@H](OC)[C@@H]3O[C@H]2C2C(=O)N(c4ccccc4)C(=O)C23)[C@H]2O[C@@H]1C1C(=O)N(c3ccccc3)C(=O)C12. The van der Waals surface area contributed by atoms with Crippen LogP contribution in [0.2, 0.25) is 0 Å². The molecular formula is C34H32N2O12. The summed E-state index contributed by atoms with van der Waals surface area (Å²) in [5.74, 6) is -6.34. The van der Waals surface area contributed by atoms with E-state index in [4.69, 9.17) is 28.4 Å². The van der Waals surface area contributed by atoms with Crippen LogP contribution in [0, 0.1) is 23.7 Å². The summed E-state index contributed by atoms with van der Waals surface area (Å²) in [6.45, 7) is 0. The summed E-state index contributed by atoms with van der Waals surface area (Å²) in [5, 5.41) is 0. The summed E-state index contributed by atoms with van der Waals surface area (Å²) in [7, 11) is 2.82. The number of imide groups is 2. The van der Waals surface area contributed by atoms with E-state index in [1.807, 2.05) is 0 Å². The van der Waals surface area contributed by atoms with Gasteiger partial charge in [0.15, 0.2) is 12.2 Å². The number of rotatable bonds is 9. The van der Waals surface area contributed by atoms with Gasteiger partial charge in [-0.1, -0.05) is 36.4 Å². The molecule has 4 amide bonds. The van der Waals surface area contributed by atoms with Crippen LogP contribution >= 0.6 is 0 Å². The van der Waals surface area contributed by atoms with Crippen LogP contribution < -0.4 is 9.80 Å². The van der Waals surface area contributed by atoms with Gasteiger partial charge in [-0.05, 0) is 24.3 Å². The van der Waals surface area contributed by atoms with E-state index in [-0.39, 0.29) is 24.7 Å². The number of ether oxygens (including phenoxy) is 6. The van der Waals surface area contributed by atoms with Crippen molar-refractivity contribution in [3.63, 3.8) is 0 Å². The molecule has 2 aromatic rings. The second-order valence-corrected chi connectivity index (χ2v) is 12.7. The fraction of sp³-hybridized carbons (Fsp3) is 0.471. The number of carbonyl (C=O) groups is 6. The Balaban J connectivity index is 0.901. The number of methoxy groups -OCH3 is 2. The number of anilines is 2. The van der Waals surface area contributed by atoms with Crippen LogP contribution in [0.1, 0.15) is 12.8 Å². The van der Waals surface area contributed by atoms with Gasteiger partial charge < -0.3 is 28.4 Å². The monoisotopic (exact) mass is 660 g/mol. The molecule has 0 radical (unpaired) electrons. The van der Waals surface area contributed by atoms with Crippen molar-refractivity contribution in [3.8, 4) is 0 Å². The molecule has 14 heteroatoms. The molecule has 6 aliphatic rings. The second-order valence-electron chi connectivity index (χ2n) is 12.7. The first-order chi connectivity index (χ1) is 23.2. The summed E-state index contributed by atoms with van der Waals surface area (Å²) in [4.78, 5) is 81.8. The minimum atomic E-state index is -0.968. The van der Waals surface area contributed by atoms with E-state index >= 15 is 0 Å². The second kappa shape index (κ2) is 11.6. The van der Waals surface area contributed by atoms with Gasteiger partial charge in [0.1, 0.15) is 36.6 Å². The summed E-state index contributed by atoms with van der Waals surface area (Å²) < 4.78 is 34.6. The van der Waals surface area contributed by atoms with Crippen molar-refractivity contribution in [1.82, 2.24) is 0 Å². The van der Waals surface area contributed by atoms with Crippen molar-refractivity contribution in [2.75, 3.05) is 24.0 Å². The smallest absolute Gasteiger partial charge is 0.306 e. The third kappa shape index (κ3) is 4.39. The zero-order chi connectivity index (χ0) is 33.4. The molecule has 250 valence electrons. The first-order valence-corrected chi connectivity index (χ1v) is 15.9. The first kappa shape index (κ1) is 30.8. The van der Waals surface area contributed by atoms with Gasteiger partial charge in [-0.3, -0.25) is 28.8 Å². The summed E-state index contributed by atoms with van der Waals surface area (Å²) in [6.07, 6.45) is -7.58. The van der Waals surface area contributed by atoms with Gasteiger partial charge in [0.2, 0.25) is 23.6 Å². The fourth-order valence-corrected chi connectivity index (χ4v) is 8.48. The average molecular weight is 661 g/mol. The largest absolute Gasteiger partial charge is 0.457 e. The van der Waals surface area contributed by atoms with Crippen LogP contribution in [0.5, 0.6) is 0 Å². The van der Waals surface area contributed by atoms with Gasteiger partial charge in [0.25, 0.3) is 0 Å². The normalized spacial score (nSPS) is 37.4. The van der Waals surface area contributed by atoms with Gasteiger partial charge in [0.05, 0.1) is 47.9 Å². The number of fused-ring (bicyclic) bond motifs is 10. The molecule has 14 nitrogen and oxygen atoms in total. The Morgan fingerprint density at radius 2 is 0.854 bits per heavy atom. The zero-order valence-electron chi connectivity index (χ0n) is 25.9. The molecule has 0 saturated carbocycles. The topological polar surface area (TPSA) is 164 Å². The van der Waals surface area contributed by atoms with Crippen LogP contribution in [0.15, 0.2) is 60.7 Å². The molecule has 0 N–H and O–H groups in total. The lowest BCUT2D eigenvalue weighted by molar-refractivity contribution is -0.167. The van der Waals surface area contributed by atoms with Gasteiger partial charge in [0, 0.05) is 14.2 Å². The van der Waals surface area contributed by atoms with Crippen molar-refractivity contribution < 1.29 is 57.2 Å². The Kier molecular flexibility index (Phi) is 7.43. The highest BCUT2D eigenvalue weighted by atomic mass is 16.6. The number of carbonyl (C=O) groups excluding carboxylic acids is 6. The van der Waals surface area contributed by atoms with Gasteiger partial charge in [-0.15, -0.1) is 0 Å². The lowest BCUT2D eigenvalue weighted by Crippen LogP contribution is -2.51. The van der Waals surface area contributed by atoms with Crippen LogP contribution in [0.4, 0.5) is 11.4 Å². The first-order valence-electron chi connectivity index (χ1n) is 15.9.